The first-order valence-corrected chi connectivity index (χ1v) is 11.1. The van der Waals surface area contributed by atoms with E-state index in [4.69, 9.17) is 19.3 Å². The number of halogens is 1. The minimum absolute atomic E-state index is 0.170. The van der Waals surface area contributed by atoms with E-state index in [1.165, 1.54) is 26.2 Å². The third kappa shape index (κ3) is 4.72. The summed E-state index contributed by atoms with van der Waals surface area (Å²) in [6, 6.07) is 14.6. The Hall–Kier alpha value is -4.40. The summed E-state index contributed by atoms with van der Waals surface area (Å²) < 4.78 is 31.9. The number of rotatable bonds is 9. The lowest BCUT2D eigenvalue weighted by molar-refractivity contribution is -0.144. The first-order chi connectivity index (χ1) is 17.2. The van der Waals surface area contributed by atoms with E-state index in [9.17, 15) is 14.0 Å². The number of methoxy groups -OCH3 is 2. The van der Waals surface area contributed by atoms with Crippen LogP contribution in [0.1, 0.15) is 34.1 Å². The number of ketones is 1. The molecule has 0 aliphatic carbocycles. The highest BCUT2D eigenvalue weighted by atomic mass is 19.1. The molecule has 4 rings (SSSR count). The number of carbonyl (C=O) groups excluding carboxylic acids is 1. The Bertz CT molecular complexity index is 1450. The highest BCUT2D eigenvalue weighted by molar-refractivity contribution is 6.17. The topological polar surface area (TPSA) is 99.9 Å². The zero-order valence-electron chi connectivity index (χ0n) is 20.2. The molecule has 0 amide bonds. The molecule has 2 aromatic heterocycles. The average Bonchev–Trinajstić information content (AvgIpc) is 3.15. The molecule has 8 nitrogen and oxygen atoms in total. The summed E-state index contributed by atoms with van der Waals surface area (Å²) in [6.07, 6.45) is -1.22. The lowest BCUT2D eigenvalue weighted by Gasteiger charge is -2.14. The summed E-state index contributed by atoms with van der Waals surface area (Å²) in [4.78, 5) is 29.3. The summed E-state index contributed by atoms with van der Waals surface area (Å²) in [5.74, 6) is -1.20. The number of carboxylic acids is 1. The summed E-state index contributed by atoms with van der Waals surface area (Å²) >= 11 is 0. The second-order valence-corrected chi connectivity index (χ2v) is 8.19. The predicted octanol–water partition coefficient (Wildman–Crippen LogP) is 4.63. The summed E-state index contributed by atoms with van der Waals surface area (Å²) in [7, 11) is 3.06. The number of ether oxygens (including phenoxy) is 3. The zero-order valence-corrected chi connectivity index (χ0v) is 20.2. The van der Waals surface area contributed by atoms with Gasteiger partial charge in [0.25, 0.3) is 0 Å². The predicted molar refractivity (Wildman–Crippen MR) is 131 cm³/mol. The van der Waals surface area contributed by atoms with E-state index in [0.29, 0.717) is 45.0 Å². The molecule has 0 saturated carbocycles. The maximum absolute atomic E-state index is 14.3. The quantitative estimate of drug-likeness (QED) is 0.340. The highest BCUT2D eigenvalue weighted by Gasteiger charge is 2.23. The normalized spacial score (nSPS) is 11.8. The number of benzene rings is 2. The maximum Gasteiger partial charge on any atom is 0.344 e. The largest absolute Gasteiger partial charge is 0.497 e. The SMILES string of the molecule is COc1ccc(C(=O)c2c(C)n(Cc3ccc(F)c(O[C@@H](C)C(=O)O)c3)c3nc(OC)ccc23)cc1. The third-order valence-electron chi connectivity index (χ3n) is 5.92. The van der Waals surface area contributed by atoms with Crippen molar-refractivity contribution in [2.75, 3.05) is 14.2 Å². The van der Waals surface area contributed by atoms with Crippen molar-refractivity contribution in [2.24, 2.45) is 0 Å². The molecule has 0 spiro atoms. The molecule has 0 unspecified atom stereocenters. The van der Waals surface area contributed by atoms with Gasteiger partial charge in [0.1, 0.15) is 11.4 Å². The second-order valence-electron chi connectivity index (χ2n) is 8.19. The van der Waals surface area contributed by atoms with Crippen LogP contribution in [0.3, 0.4) is 0 Å². The molecule has 1 N–H and O–H groups in total. The second kappa shape index (κ2) is 10.1. The molecule has 36 heavy (non-hydrogen) atoms. The van der Waals surface area contributed by atoms with Gasteiger partial charge >= 0.3 is 5.97 Å². The van der Waals surface area contributed by atoms with Crippen LogP contribution >= 0.6 is 0 Å². The zero-order chi connectivity index (χ0) is 26.0. The number of hydrogen-bond donors (Lipinski definition) is 1. The first kappa shape index (κ1) is 24.7. The van der Waals surface area contributed by atoms with E-state index in [0.717, 1.165) is 0 Å². The Balaban J connectivity index is 1.79. The Morgan fingerprint density at radius 3 is 2.42 bits per heavy atom. The number of carboxylic acid groups (broad SMARTS) is 1. The number of aliphatic carboxylic acids is 1. The van der Waals surface area contributed by atoms with Crippen LogP contribution in [-0.4, -0.2) is 46.7 Å². The van der Waals surface area contributed by atoms with Crippen LogP contribution in [0.5, 0.6) is 17.4 Å². The minimum Gasteiger partial charge on any atom is -0.497 e. The molecule has 0 saturated heterocycles. The number of hydrogen-bond acceptors (Lipinski definition) is 6. The fourth-order valence-electron chi connectivity index (χ4n) is 3.96. The molecule has 186 valence electrons. The molecule has 0 bridgehead atoms. The minimum atomic E-state index is -1.22. The van der Waals surface area contributed by atoms with Crippen molar-refractivity contribution >= 4 is 22.8 Å². The van der Waals surface area contributed by atoms with E-state index in [1.807, 2.05) is 11.5 Å². The molecular formula is C27H25FN2O6. The van der Waals surface area contributed by atoms with Crippen molar-refractivity contribution in [1.29, 1.82) is 0 Å². The molecule has 2 aromatic carbocycles. The van der Waals surface area contributed by atoms with Crippen molar-refractivity contribution < 1.29 is 33.3 Å². The van der Waals surface area contributed by atoms with Gasteiger partial charge in [-0.1, -0.05) is 6.07 Å². The smallest absolute Gasteiger partial charge is 0.344 e. The van der Waals surface area contributed by atoms with Crippen LogP contribution in [0.25, 0.3) is 11.0 Å². The Kier molecular flexibility index (Phi) is 6.91. The van der Waals surface area contributed by atoms with Crippen molar-refractivity contribution in [3.05, 3.63) is 82.8 Å². The van der Waals surface area contributed by atoms with Gasteiger partial charge < -0.3 is 23.9 Å². The van der Waals surface area contributed by atoms with Gasteiger partial charge in [-0.3, -0.25) is 4.79 Å². The van der Waals surface area contributed by atoms with Gasteiger partial charge in [-0.2, -0.15) is 4.98 Å². The molecule has 0 radical (unpaired) electrons. The van der Waals surface area contributed by atoms with E-state index in [-0.39, 0.29) is 18.1 Å². The Morgan fingerprint density at radius 1 is 1.06 bits per heavy atom. The molecule has 1 atom stereocenters. The maximum atomic E-state index is 14.3. The summed E-state index contributed by atoms with van der Waals surface area (Å²) in [5.41, 5.74) is 2.81. The van der Waals surface area contributed by atoms with E-state index in [1.54, 1.807) is 49.6 Å². The standard InChI is InChI=1S/C27H25FN2O6/c1-15-24(25(31)18-6-8-19(34-3)9-7-18)20-10-12-23(35-4)29-26(20)30(15)14-17-5-11-21(28)22(13-17)36-16(2)27(32)33/h5-13,16H,14H2,1-4H3,(H,32,33)/t16-/m0/s1. The van der Waals surface area contributed by atoms with Gasteiger partial charge in [-0.05, 0) is 61.9 Å². The van der Waals surface area contributed by atoms with Crippen LogP contribution in [0.4, 0.5) is 4.39 Å². The van der Waals surface area contributed by atoms with Crippen LogP contribution in [-0.2, 0) is 11.3 Å². The Labute approximate surface area is 206 Å². The highest BCUT2D eigenvalue weighted by Crippen LogP contribution is 2.31. The summed E-state index contributed by atoms with van der Waals surface area (Å²) in [6.45, 7) is 3.38. The van der Waals surface area contributed by atoms with Gasteiger partial charge in [0.15, 0.2) is 23.5 Å². The molecule has 0 fully saturated rings. The van der Waals surface area contributed by atoms with Gasteiger partial charge in [0.2, 0.25) is 5.88 Å². The van der Waals surface area contributed by atoms with E-state index >= 15 is 0 Å². The lowest BCUT2D eigenvalue weighted by atomic mass is 10.0. The summed E-state index contributed by atoms with van der Waals surface area (Å²) in [5, 5.41) is 9.76. The van der Waals surface area contributed by atoms with Crippen molar-refractivity contribution in [3.8, 4) is 17.4 Å². The molecule has 2 heterocycles. The molecule has 4 aromatic rings. The lowest BCUT2D eigenvalue weighted by Crippen LogP contribution is -2.23. The Morgan fingerprint density at radius 2 is 1.78 bits per heavy atom. The fraction of sp³-hybridized carbons (Fsp3) is 0.222. The molecule has 0 aliphatic rings. The average molecular weight is 493 g/mol. The van der Waals surface area contributed by atoms with Crippen LogP contribution in [0, 0.1) is 12.7 Å². The van der Waals surface area contributed by atoms with Gasteiger partial charge in [-0.25, -0.2) is 9.18 Å². The monoisotopic (exact) mass is 492 g/mol. The van der Waals surface area contributed by atoms with Crippen LogP contribution in [0.2, 0.25) is 0 Å². The molecule has 9 heteroatoms. The van der Waals surface area contributed by atoms with Gasteiger partial charge in [0, 0.05) is 29.3 Å². The van der Waals surface area contributed by atoms with Crippen LogP contribution < -0.4 is 14.2 Å². The van der Waals surface area contributed by atoms with E-state index < -0.39 is 17.9 Å². The van der Waals surface area contributed by atoms with Crippen molar-refractivity contribution in [1.82, 2.24) is 9.55 Å². The fourth-order valence-corrected chi connectivity index (χ4v) is 3.96. The molecule has 0 aliphatic heterocycles. The van der Waals surface area contributed by atoms with Crippen molar-refractivity contribution in [2.45, 2.75) is 26.5 Å². The number of carbonyl (C=O) groups is 2. The third-order valence-corrected chi connectivity index (χ3v) is 5.92. The van der Waals surface area contributed by atoms with Gasteiger partial charge in [0.05, 0.1) is 19.8 Å². The number of pyridine rings is 1. The van der Waals surface area contributed by atoms with Crippen LogP contribution in [0.15, 0.2) is 54.6 Å². The molecular weight excluding hydrogens is 467 g/mol. The first-order valence-electron chi connectivity index (χ1n) is 11.1. The number of fused-ring (bicyclic) bond motifs is 1. The number of nitrogens with zero attached hydrogens (tertiary/aromatic N) is 2. The van der Waals surface area contributed by atoms with E-state index in [2.05, 4.69) is 4.98 Å². The van der Waals surface area contributed by atoms with Gasteiger partial charge in [-0.15, -0.1) is 0 Å². The number of aromatic nitrogens is 2. The van der Waals surface area contributed by atoms with Crippen molar-refractivity contribution in [3.63, 3.8) is 0 Å².